The monoisotopic (exact) mass is 239 g/mol. The molecule has 0 fully saturated rings. The summed E-state index contributed by atoms with van der Waals surface area (Å²) in [5.74, 6) is 0. The SMILES string of the molecule is CC(Br)CCCCc1cc[c]cc1. The Morgan fingerprint density at radius 3 is 2.62 bits per heavy atom. The molecule has 1 radical (unpaired) electrons. The predicted octanol–water partition coefficient (Wildman–Crippen LogP) is 3.98. The number of benzene rings is 1. The molecule has 1 unspecified atom stereocenters. The molecule has 1 atom stereocenters. The Balaban J connectivity index is 2.13. The molecule has 0 aromatic heterocycles. The highest BCUT2D eigenvalue weighted by Gasteiger charge is 1.96. The van der Waals surface area contributed by atoms with Gasteiger partial charge in [-0.3, -0.25) is 0 Å². The molecule has 0 spiro atoms. The quantitative estimate of drug-likeness (QED) is 0.539. The fourth-order valence-electron chi connectivity index (χ4n) is 1.34. The van der Waals surface area contributed by atoms with E-state index in [1.165, 1.54) is 31.2 Å². The first-order valence-electron chi connectivity index (χ1n) is 4.88. The average Bonchev–Trinajstić information content (AvgIpc) is 2.14. The van der Waals surface area contributed by atoms with Crippen molar-refractivity contribution in [1.82, 2.24) is 0 Å². The van der Waals surface area contributed by atoms with Crippen LogP contribution >= 0.6 is 15.9 Å². The smallest absolute Gasteiger partial charge is 0.0117 e. The van der Waals surface area contributed by atoms with Crippen molar-refractivity contribution in [2.75, 3.05) is 0 Å². The Hall–Kier alpha value is -0.300. The molecular weight excluding hydrogens is 224 g/mol. The molecule has 0 saturated heterocycles. The maximum atomic E-state index is 3.56. The number of unbranched alkanes of at least 4 members (excludes halogenated alkanes) is 1. The average molecular weight is 240 g/mol. The van der Waals surface area contributed by atoms with Crippen LogP contribution in [0.25, 0.3) is 0 Å². The molecule has 1 rings (SSSR count). The Kier molecular flexibility index (Phi) is 5.14. The number of aryl methyl sites for hydroxylation is 1. The first kappa shape index (κ1) is 10.8. The number of hydrogen-bond donors (Lipinski definition) is 0. The van der Waals surface area contributed by atoms with Gasteiger partial charge in [-0.1, -0.05) is 53.5 Å². The Bertz CT molecular complexity index is 216. The van der Waals surface area contributed by atoms with E-state index < -0.39 is 0 Å². The van der Waals surface area contributed by atoms with Crippen LogP contribution in [0.15, 0.2) is 24.3 Å². The zero-order valence-corrected chi connectivity index (χ0v) is 9.68. The van der Waals surface area contributed by atoms with Crippen molar-refractivity contribution >= 4 is 15.9 Å². The molecule has 0 bridgehead atoms. The predicted molar refractivity (Wildman–Crippen MR) is 61.2 cm³/mol. The maximum absolute atomic E-state index is 3.56. The van der Waals surface area contributed by atoms with Crippen molar-refractivity contribution in [3.05, 3.63) is 35.9 Å². The fourth-order valence-corrected chi connectivity index (χ4v) is 1.67. The van der Waals surface area contributed by atoms with Crippen LogP contribution in [0, 0.1) is 6.07 Å². The van der Waals surface area contributed by atoms with E-state index in [0.717, 1.165) is 0 Å². The third kappa shape index (κ3) is 5.09. The highest BCUT2D eigenvalue weighted by atomic mass is 79.9. The van der Waals surface area contributed by atoms with E-state index >= 15 is 0 Å². The summed E-state index contributed by atoms with van der Waals surface area (Å²) in [5, 5.41) is 0. The normalized spacial score (nSPS) is 12.8. The van der Waals surface area contributed by atoms with Crippen molar-refractivity contribution in [1.29, 1.82) is 0 Å². The van der Waals surface area contributed by atoms with Gasteiger partial charge in [-0.05, 0) is 30.9 Å². The second-order valence-electron chi connectivity index (χ2n) is 3.43. The Morgan fingerprint density at radius 2 is 2.00 bits per heavy atom. The van der Waals surface area contributed by atoms with Crippen LogP contribution in [0.3, 0.4) is 0 Å². The summed E-state index contributed by atoms with van der Waals surface area (Å²) >= 11 is 3.56. The number of rotatable bonds is 5. The number of halogens is 1. The van der Waals surface area contributed by atoms with Gasteiger partial charge < -0.3 is 0 Å². The minimum Gasteiger partial charge on any atom is -0.0894 e. The lowest BCUT2D eigenvalue weighted by Gasteiger charge is -2.02. The molecule has 1 heteroatoms. The van der Waals surface area contributed by atoms with Gasteiger partial charge in [0.1, 0.15) is 0 Å². The summed E-state index contributed by atoms with van der Waals surface area (Å²) in [6.45, 7) is 2.21. The molecule has 13 heavy (non-hydrogen) atoms. The zero-order valence-electron chi connectivity index (χ0n) is 8.09. The molecular formula is C12H16Br. The van der Waals surface area contributed by atoms with E-state index in [0.29, 0.717) is 4.83 Å². The molecule has 0 nitrogen and oxygen atoms in total. The molecule has 0 N–H and O–H groups in total. The molecule has 0 aliphatic carbocycles. The summed E-state index contributed by atoms with van der Waals surface area (Å²) in [5.41, 5.74) is 1.43. The van der Waals surface area contributed by atoms with Crippen LogP contribution in [0.1, 0.15) is 31.7 Å². The van der Waals surface area contributed by atoms with Crippen LogP contribution in [-0.4, -0.2) is 4.83 Å². The minimum absolute atomic E-state index is 0.664. The second-order valence-corrected chi connectivity index (χ2v) is 5.00. The third-order valence-electron chi connectivity index (χ3n) is 2.10. The summed E-state index contributed by atoms with van der Waals surface area (Å²) in [7, 11) is 0. The van der Waals surface area contributed by atoms with Crippen molar-refractivity contribution in [2.45, 2.75) is 37.4 Å². The van der Waals surface area contributed by atoms with Crippen molar-refractivity contribution < 1.29 is 0 Å². The van der Waals surface area contributed by atoms with Crippen LogP contribution < -0.4 is 0 Å². The summed E-state index contributed by atoms with van der Waals surface area (Å²) in [6.07, 6.45) is 5.08. The highest BCUT2D eigenvalue weighted by Crippen LogP contribution is 2.11. The van der Waals surface area contributed by atoms with Gasteiger partial charge in [0, 0.05) is 4.83 Å². The van der Waals surface area contributed by atoms with Crippen molar-refractivity contribution in [3.63, 3.8) is 0 Å². The lowest BCUT2D eigenvalue weighted by molar-refractivity contribution is 0.680. The van der Waals surface area contributed by atoms with E-state index in [1.54, 1.807) is 0 Å². The van der Waals surface area contributed by atoms with Gasteiger partial charge in [-0.15, -0.1) is 0 Å². The maximum Gasteiger partial charge on any atom is 0.0117 e. The third-order valence-corrected chi connectivity index (χ3v) is 2.56. The number of alkyl halides is 1. The van der Waals surface area contributed by atoms with E-state index in [-0.39, 0.29) is 0 Å². The minimum atomic E-state index is 0.664. The summed E-state index contributed by atoms with van der Waals surface area (Å²) in [4.78, 5) is 0.664. The van der Waals surface area contributed by atoms with Crippen LogP contribution in [0.5, 0.6) is 0 Å². The van der Waals surface area contributed by atoms with Crippen molar-refractivity contribution in [2.24, 2.45) is 0 Å². The lowest BCUT2D eigenvalue weighted by Crippen LogP contribution is -1.91. The Labute approximate surface area is 89.5 Å². The summed E-state index contributed by atoms with van der Waals surface area (Å²) in [6, 6.07) is 11.3. The Morgan fingerprint density at radius 1 is 1.31 bits per heavy atom. The van der Waals surface area contributed by atoms with Crippen LogP contribution in [-0.2, 0) is 6.42 Å². The standard InChI is InChI=1S/C12H16Br/c1-11(13)7-5-6-10-12-8-3-2-4-9-12/h3-4,8-9,11H,5-7,10H2,1H3. The van der Waals surface area contributed by atoms with E-state index in [1.807, 2.05) is 12.1 Å². The molecule has 1 aromatic carbocycles. The molecule has 0 heterocycles. The van der Waals surface area contributed by atoms with E-state index in [9.17, 15) is 0 Å². The largest absolute Gasteiger partial charge is 0.0894 e. The molecule has 1 aromatic rings. The first-order valence-corrected chi connectivity index (χ1v) is 5.79. The zero-order chi connectivity index (χ0) is 9.52. The lowest BCUT2D eigenvalue weighted by atomic mass is 10.1. The van der Waals surface area contributed by atoms with Gasteiger partial charge in [0.15, 0.2) is 0 Å². The molecule has 0 aliphatic heterocycles. The molecule has 0 aliphatic rings. The van der Waals surface area contributed by atoms with Gasteiger partial charge in [-0.25, -0.2) is 0 Å². The van der Waals surface area contributed by atoms with Gasteiger partial charge in [0.25, 0.3) is 0 Å². The molecule has 71 valence electrons. The highest BCUT2D eigenvalue weighted by molar-refractivity contribution is 9.09. The van der Waals surface area contributed by atoms with Crippen molar-refractivity contribution in [3.8, 4) is 0 Å². The first-order chi connectivity index (χ1) is 6.29. The number of hydrogen-bond acceptors (Lipinski definition) is 0. The van der Waals surface area contributed by atoms with Crippen LogP contribution in [0.4, 0.5) is 0 Å². The van der Waals surface area contributed by atoms with Crippen LogP contribution in [0.2, 0.25) is 0 Å². The molecule has 0 saturated carbocycles. The van der Waals surface area contributed by atoms with Gasteiger partial charge in [0.2, 0.25) is 0 Å². The fraction of sp³-hybridized carbons (Fsp3) is 0.500. The van der Waals surface area contributed by atoms with E-state index in [2.05, 4.69) is 41.1 Å². The van der Waals surface area contributed by atoms with Gasteiger partial charge in [-0.2, -0.15) is 0 Å². The van der Waals surface area contributed by atoms with Gasteiger partial charge >= 0.3 is 0 Å². The molecule has 0 amide bonds. The van der Waals surface area contributed by atoms with Gasteiger partial charge in [0.05, 0.1) is 0 Å². The van der Waals surface area contributed by atoms with E-state index in [4.69, 9.17) is 0 Å². The summed E-state index contributed by atoms with van der Waals surface area (Å²) < 4.78 is 0. The second kappa shape index (κ2) is 6.20. The topological polar surface area (TPSA) is 0 Å².